The summed E-state index contributed by atoms with van der Waals surface area (Å²) in [7, 11) is 0. The van der Waals surface area contributed by atoms with Crippen molar-refractivity contribution < 1.29 is 4.79 Å². The molecule has 1 fully saturated rings. The Morgan fingerprint density at radius 1 is 1.60 bits per heavy atom. The van der Waals surface area contributed by atoms with Gasteiger partial charge >= 0.3 is 0 Å². The minimum atomic E-state index is -0.273. The molecule has 1 aliphatic carbocycles. The van der Waals surface area contributed by atoms with E-state index in [-0.39, 0.29) is 11.4 Å². The van der Waals surface area contributed by atoms with Crippen molar-refractivity contribution in [3.8, 4) is 0 Å². The molecule has 112 valence electrons. The Bertz CT molecular complexity index is 485. The van der Waals surface area contributed by atoms with Crippen LogP contribution in [0.25, 0.3) is 0 Å². The molecule has 5 heteroatoms. The quantitative estimate of drug-likeness (QED) is 0.898. The molecule has 2 rings (SSSR count). The molecule has 4 nitrogen and oxygen atoms in total. The van der Waals surface area contributed by atoms with Gasteiger partial charge in [-0.2, -0.15) is 0 Å². The number of nitrogens with one attached hydrogen (secondary N) is 1. The summed E-state index contributed by atoms with van der Waals surface area (Å²) in [6, 6.07) is 1.72. The highest BCUT2D eigenvalue weighted by Gasteiger charge is 2.38. The largest absolute Gasteiger partial charge is 0.344 e. The van der Waals surface area contributed by atoms with Gasteiger partial charge < -0.3 is 15.6 Å². The number of nitrogens with two attached hydrogens (primary N) is 1. The van der Waals surface area contributed by atoms with E-state index in [9.17, 15) is 4.79 Å². The summed E-state index contributed by atoms with van der Waals surface area (Å²) < 4.78 is 1.87. The predicted molar refractivity (Wildman–Crippen MR) is 82.0 cm³/mol. The molecule has 2 atom stereocenters. The van der Waals surface area contributed by atoms with Gasteiger partial charge in [-0.25, -0.2) is 0 Å². The lowest BCUT2D eigenvalue weighted by Gasteiger charge is -2.42. The van der Waals surface area contributed by atoms with Gasteiger partial charge in [-0.3, -0.25) is 4.79 Å². The van der Waals surface area contributed by atoms with Crippen molar-refractivity contribution in [1.82, 2.24) is 9.88 Å². The third-order valence-corrected chi connectivity index (χ3v) is 4.82. The fraction of sp³-hybridized carbons (Fsp3) is 0.667. The maximum absolute atomic E-state index is 12.6. The number of carbonyl (C=O) groups excluding carboxylic acids is 1. The van der Waals surface area contributed by atoms with Gasteiger partial charge in [-0.1, -0.05) is 31.4 Å². The number of hydrogen-bond donors (Lipinski definition) is 2. The summed E-state index contributed by atoms with van der Waals surface area (Å²) in [6.45, 7) is 5.38. The van der Waals surface area contributed by atoms with Crippen LogP contribution in [0, 0.1) is 5.92 Å². The van der Waals surface area contributed by atoms with Crippen molar-refractivity contribution in [3.05, 3.63) is 23.0 Å². The Labute approximate surface area is 125 Å². The van der Waals surface area contributed by atoms with Crippen molar-refractivity contribution in [1.29, 1.82) is 0 Å². The Morgan fingerprint density at radius 2 is 2.35 bits per heavy atom. The highest BCUT2D eigenvalue weighted by molar-refractivity contribution is 6.31. The Kier molecular flexibility index (Phi) is 4.76. The lowest BCUT2D eigenvalue weighted by molar-refractivity contribution is 0.0803. The van der Waals surface area contributed by atoms with Crippen LogP contribution in [0.5, 0.6) is 0 Å². The van der Waals surface area contributed by atoms with Crippen molar-refractivity contribution in [3.63, 3.8) is 0 Å². The summed E-state index contributed by atoms with van der Waals surface area (Å²) in [4.78, 5) is 12.6. The summed E-state index contributed by atoms with van der Waals surface area (Å²) in [5.41, 5.74) is 6.32. The van der Waals surface area contributed by atoms with Gasteiger partial charge in [0.1, 0.15) is 5.69 Å². The number of halogens is 1. The van der Waals surface area contributed by atoms with Crippen molar-refractivity contribution in [2.75, 3.05) is 6.54 Å². The second kappa shape index (κ2) is 6.19. The zero-order chi connectivity index (χ0) is 14.8. The normalized spacial score (nSPS) is 26.5. The van der Waals surface area contributed by atoms with Crippen LogP contribution in [0.2, 0.25) is 5.02 Å². The average Bonchev–Trinajstić information content (AvgIpc) is 2.83. The molecule has 1 aromatic rings. The Balaban J connectivity index is 2.20. The molecule has 0 aliphatic heterocycles. The number of hydrogen-bond acceptors (Lipinski definition) is 2. The fourth-order valence-corrected chi connectivity index (χ4v) is 3.39. The number of nitrogens with zero attached hydrogens (tertiary/aromatic N) is 1. The van der Waals surface area contributed by atoms with Crippen LogP contribution in [-0.4, -0.2) is 22.6 Å². The van der Waals surface area contributed by atoms with Crippen molar-refractivity contribution >= 4 is 17.5 Å². The summed E-state index contributed by atoms with van der Waals surface area (Å²) in [6.07, 6.45) is 6.20. The van der Waals surface area contributed by atoms with Crippen LogP contribution in [0.3, 0.4) is 0 Å². The minimum absolute atomic E-state index is 0.0713. The smallest absolute Gasteiger partial charge is 0.268 e. The van der Waals surface area contributed by atoms with Gasteiger partial charge in [0.25, 0.3) is 5.91 Å². The van der Waals surface area contributed by atoms with E-state index in [2.05, 4.69) is 12.2 Å². The van der Waals surface area contributed by atoms with E-state index in [0.29, 0.717) is 23.2 Å². The van der Waals surface area contributed by atoms with Crippen LogP contribution >= 0.6 is 11.6 Å². The first-order valence-corrected chi connectivity index (χ1v) is 7.78. The molecule has 1 saturated carbocycles. The number of carbonyl (C=O) groups is 1. The maximum atomic E-state index is 12.6. The van der Waals surface area contributed by atoms with E-state index in [1.807, 2.05) is 11.5 Å². The second-order valence-electron chi connectivity index (χ2n) is 5.79. The summed E-state index contributed by atoms with van der Waals surface area (Å²) >= 11 is 6.00. The average molecular weight is 298 g/mol. The maximum Gasteiger partial charge on any atom is 0.268 e. The number of amides is 1. The van der Waals surface area contributed by atoms with Gasteiger partial charge in [-0.15, -0.1) is 0 Å². The van der Waals surface area contributed by atoms with Crippen LogP contribution in [0.4, 0.5) is 0 Å². The predicted octanol–water partition coefficient (Wildman–Crippen LogP) is 2.80. The molecular weight excluding hydrogens is 274 g/mol. The molecule has 0 aromatic carbocycles. The fourth-order valence-electron chi connectivity index (χ4n) is 3.17. The zero-order valence-electron chi connectivity index (χ0n) is 12.3. The third-order valence-electron chi connectivity index (χ3n) is 4.62. The Morgan fingerprint density at radius 3 is 2.95 bits per heavy atom. The van der Waals surface area contributed by atoms with Gasteiger partial charge in [0, 0.05) is 19.3 Å². The standard InChI is InChI=1S/C15H24ClN3O/c1-3-19-9-12(16)8-13(19)14(20)18-15(10-17)7-5-4-6-11(15)2/h8-9,11H,3-7,10,17H2,1-2H3,(H,18,20). The molecule has 20 heavy (non-hydrogen) atoms. The minimum Gasteiger partial charge on any atom is -0.344 e. The first-order chi connectivity index (χ1) is 9.52. The van der Waals surface area contributed by atoms with E-state index < -0.39 is 0 Å². The second-order valence-corrected chi connectivity index (χ2v) is 6.23. The highest BCUT2D eigenvalue weighted by Crippen LogP contribution is 2.33. The first-order valence-electron chi connectivity index (χ1n) is 7.40. The molecule has 2 unspecified atom stereocenters. The first kappa shape index (κ1) is 15.4. The molecule has 0 radical (unpaired) electrons. The molecule has 0 spiro atoms. The lowest BCUT2D eigenvalue weighted by Crippen LogP contribution is -2.59. The van der Waals surface area contributed by atoms with E-state index in [1.54, 1.807) is 12.3 Å². The molecular formula is C15H24ClN3O. The Hall–Kier alpha value is -1.00. The number of aryl methyl sites for hydroxylation is 1. The van der Waals surface area contributed by atoms with Crippen LogP contribution in [0.15, 0.2) is 12.3 Å². The van der Waals surface area contributed by atoms with Gasteiger partial charge in [0.15, 0.2) is 0 Å². The van der Waals surface area contributed by atoms with Crippen LogP contribution in [0.1, 0.15) is 50.0 Å². The van der Waals surface area contributed by atoms with Crippen molar-refractivity contribution in [2.24, 2.45) is 11.7 Å². The zero-order valence-corrected chi connectivity index (χ0v) is 13.0. The summed E-state index contributed by atoms with van der Waals surface area (Å²) in [5, 5.41) is 3.79. The molecule has 1 aliphatic rings. The molecule has 0 saturated heterocycles. The molecule has 1 amide bonds. The lowest BCUT2D eigenvalue weighted by atomic mass is 9.73. The van der Waals surface area contributed by atoms with Crippen molar-refractivity contribution in [2.45, 2.75) is 51.6 Å². The van der Waals surface area contributed by atoms with Gasteiger partial charge in [0.2, 0.25) is 0 Å². The van der Waals surface area contributed by atoms with E-state index in [0.717, 1.165) is 25.8 Å². The van der Waals surface area contributed by atoms with E-state index in [1.165, 1.54) is 6.42 Å². The molecule has 1 aromatic heterocycles. The SMILES string of the molecule is CCn1cc(Cl)cc1C(=O)NC1(CN)CCCCC1C. The highest BCUT2D eigenvalue weighted by atomic mass is 35.5. The third kappa shape index (κ3) is 2.86. The van der Waals surface area contributed by atoms with Gasteiger partial charge in [0.05, 0.1) is 10.6 Å². The molecule has 3 N–H and O–H groups in total. The van der Waals surface area contributed by atoms with Crippen LogP contribution in [-0.2, 0) is 6.54 Å². The van der Waals surface area contributed by atoms with Crippen LogP contribution < -0.4 is 11.1 Å². The van der Waals surface area contributed by atoms with E-state index in [4.69, 9.17) is 17.3 Å². The number of aromatic nitrogens is 1. The molecule has 0 bridgehead atoms. The molecule has 1 heterocycles. The topological polar surface area (TPSA) is 60.0 Å². The van der Waals surface area contributed by atoms with Gasteiger partial charge in [-0.05, 0) is 31.7 Å². The summed E-state index contributed by atoms with van der Waals surface area (Å²) in [5.74, 6) is 0.337. The monoisotopic (exact) mass is 297 g/mol. The van der Waals surface area contributed by atoms with E-state index >= 15 is 0 Å². The number of rotatable bonds is 4.